The van der Waals surface area contributed by atoms with Crippen LogP contribution in [0.15, 0.2) is 0 Å². The maximum absolute atomic E-state index is 10.9. The Kier molecular flexibility index (Phi) is 7.29. The first-order valence-electron chi connectivity index (χ1n) is 5.44. The molecular weight excluding hydrogens is 210 g/mol. The van der Waals surface area contributed by atoms with Gasteiger partial charge in [0.25, 0.3) is 0 Å². The maximum atomic E-state index is 10.9. The van der Waals surface area contributed by atoms with Gasteiger partial charge in [-0.2, -0.15) is 0 Å². The lowest BCUT2D eigenvalue weighted by Gasteiger charge is -2.31. The van der Waals surface area contributed by atoms with E-state index in [1.54, 1.807) is 32.9 Å². The van der Waals surface area contributed by atoms with Gasteiger partial charge in [0, 0.05) is 26.9 Å². The van der Waals surface area contributed by atoms with Gasteiger partial charge in [-0.1, -0.05) is 0 Å². The first kappa shape index (κ1) is 15.3. The smallest absolute Gasteiger partial charge is 0.323 e. The predicted octanol–water partition coefficient (Wildman–Crippen LogP) is 0.835. The number of carboxylic acids is 1. The number of aliphatic carboxylic acids is 1. The summed E-state index contributed by atoms with van der Waals surface area (Å²) in [6, 6.07) is 0. The minimum atomic E-state index is -0.851. The molecule has 0 fully saturated rings. The van der Waals surface area contributed by atoms with Crippen LogP contribution in [0.3, 0.4) is 0 Å². The normalized spacial score (nSPS) is 12.1. The van der Waals surface area contributed by atoms with Crippen molar-refractivity contribution >= 4 is 5.97 Å². The average molecular weight is 233 g/mol. The van der Waals surface area contributed by atoms with Gasteiger partial charge in [-0.05, 0) is 27.3 Å². The molecule has 5 heteroatoms. The monoisotopic (exact) mass is 233 g/mol. The second-order valence-corrected chi connectivity index (χ2v) is 4.24. The van der Waals surface area contributed by atoms with Crippen LogP contribution in [0.25, 0.3) is 0 Å². The van der Waals surface area contributed by atoms with Crippen molar-refractivity contribution in [3.8, 4) is 0 Å². The van der Waals surface area contributed by atoms with E-state index in [4.69, 9.17) is 14.6 Å². The molecule has 0 unspecified atom stereocenters. The average Bonchev–Trinajstić information content (AvgIpc) is 2.22. The van der Waals surface area contributed by atoms with Crippen LogP contribution in [-0.4, -0.2) is 62.0 Å². The van der Waals surface area contributed by atoms with E-state index in [1.165, 1.54) is 0 Å². The zero-order valence-corrected chi connectivity index (χ0v) is 10.7. The Hall–Kier alpha value is -0.650. The summed E-state index contributed by atoms with van der Waals surface area (Å²) in [4.78, 5) is 12.7. The number of hydrogen-bond acceptors (Lipinski definition) is 4. The second kappa shape index (κ2) is 7.60. The van der Waals surface area contributed by atoms with E-state index in [1.807, 2.05) is 0 Å². The van der Waals surface area contributed by atoms with E-state index in [9.17, 15) is 4.79 Å². The van der Waals surface area contributed by atoms with Crippen LogP contribution in [0.1, 0.15) is 20.3 Å². The molecule has 0 aromatic carbocycles. The van der Waals surface area contributed by atoms with Crippen molar-refractivity contribution in [3.63, 3.8) is 0 Å². The Labute approximate surface area is 97.3 Å². The van der Waals surface area contributed by atoms with Gasteiger partial charge in [-0.3, -0.25) is 9.69 Å². The largest absolute Gasteiger partial charge is 0.480 e. The zero-order valence-electron chi connectivity index (χ0n) is 10.7. The summed E-state index contributed by atoms with van der Waals surface area (Å²) in [6.45, 7) is 5.84. The molecule has 16 heavy (non-hydrogen) atoms. The van der Waals surface area contributed by atoms with Gasteiger partial charge >= 0.3 is 5.97 Å². The summed E-state index contributed by atoms with van der Waals surface area (Å²) < 4.78 is 10.3. The minimum absolute atomic E-state index is 0.539. The van der Waals surface area contributed by atoms with Crippen molar-refractivity contribution in [1.82, 2.24) is 4.90 Å². The van der Waals surface area contributed by atoms with Gasteiger partial charge in [0.1, 0.15) is 5.54 Å². The quantitative estimate of drug-likeness (QED) is 0.598. The molecule has 0 rings (SSSR count). The van der Waals surface area contributed by atoms with Gasteiger partial charge < -0.3 is 14.6 Å². The molecule has 0 aliphatic carbocycles. The Balaban J connectivity index is 3.65. The lowest BCUT2D eigenvalue weighted by atomic mass is 10.0. The standard InChI is InChI=1S/C11H23NO4/c1-11(2,10(13)14)12(3)6-9-16-8-5-7-15-4/h5-9H2,1-4H3,(H,13,14). The van der Waals surface area contributed by atoms with E-state index in [0.717, 1.165) is 6.42 Å². The zero-order chi connectivity index (χ0) is 12.6. The van der Waals surface area contributed by atoms with Crippen molar-refractivity contribution in [2.24, 2.45) is 0 Å². The number of carbonyl (C=O) groups is 1. The fourth-order valence-corrected chi connectivity index (χ4v) is 1.05. The topological polar surface area (TPSA) is 59.0 Å². The first-order valence-corrected chi connectivity index (χ1v) is 5.44. The highest BCUT2D eigenvalue weighted by molar-refractivity contribution is 5.77. The third-order valence-electron chi connectivity index (χ3n) is 2.69. The Morgan fingerprint density at radius 3 is 2.44 bits per heavy atom. The molecule has 0 aliphatic heterocycles. The number of ether oxygens (including phenoxy) is 2. The number of likely N-dealkylation sites (N-methyl/N-ethyl adjacent to an activating group) is 1. The molecule has 0 saturated carbocycles. The summed E-state index contributed by atoms with van der Waals surface area (Å²) in [6.07, 6.45) is 0.864. The fraction of sp³-hybridized carbons (Fsp3) is 0.909. The molecule has 0 atom stereocenters. The molecule has 0 spiro atoms. The molecule has 0 radical (unpaired) electrons. The third-order valence-corrected chi connectivity index (χ3v) is 2.69. The molecule has 0 bridgehead atoms. The van der Waals surface area contributed by atoms with Crippen LogP contribution in [0, 0.1) is 0 Å². The van der Waals surface area contributed by atoms with Crippen molar-refractivity contribution in [3.05, 3.63) is 0 Å². The van der Waals surface area contributed by atoms with Gasteiger partial charge in [0.05, 0.1) is 6.61 Å². The molecule has 0 aromatic heterocycles. The van der Waals surface area contributed by atoms with Crippen molar-refractivity contribution < 1.29 is 19.4 Å². The highest BCUT2D eigenvalue weighted by Gasteiger charge is 2.31. The molecule has 1 N–H and O–H groups in total. The molecule has 0 amide bonds. The van der Waals surface area contributed by atoms with Crippen molar-refractivity contribution in [1.29, 1.82) is 0 Å². The number of carboxylic acid groups (broad SMARTS) is 1. The van der Waals surface area contributed by atoms with E-state index < -0.39 is 11.5 Å². The maximum Gasteiger partial charge on any atom is 0.323 e. The fourth-order valence-electron chi connectivity index (χ4n) is 1.05. The van der Waals surface area contributed by atoms with Crippen LogP contribution in [0.4, 0.5) is 0 Å². The van der Waals surface area contributed by atoms with E-state index in [0.29, 0.717) is 26.4 Å². The molecule has 0 aromatic rings. The SMILES string of the molecule is COCCCOCCN(C)C(C)(C)C(=O)O. The van der Waals surface area contributed by atoms with E-state index in [2.05, 4.69) is 0 Å². The van der Waals surface area contributed by atoms with Crippen molar-refractivity contribution in [2.75, 3.05) is 40.5 Å². The number of hydrogen-bond donors (Lipinski definition) is 1. The summed E-state index contributed by atoms with van der Waals surface area (Å²) >= 11 is 0. The number of methoxy groups -OCH3 is 1. The number of nitrogens with zero attached hydrogens (tertiary/aromatic N) is 1. The Bertz CT molecular complexity index is 206. The van der Waals surface area contributed by atoms with Crippen LogP contribution >= 0.6 is 0 Å². The third kappa shape index (κ3) is 5.44. The molecule has 0 aliphatic rings. The van der Waals surface area contributed by atoms with E-state index >= 15 is 0 Å². The van der Waals surface area contributed by atoms with E-state index in [-0.39, 0.29) is 0 Å². The van der Waals surface area contributed by atoms with Gasteiger partial charge in [0.15, 0.2) is 0 Å². The van der Waals surface area contributed by atoms with Crippen molar-refractivity contribution in [2.45, 2.75) is 25.8 Å². The minimum Gasteiger partial charge on any atom is -0.480 e. The molecule has 0 saturated heterocycles. The predicted molar refractivity (Wildman–Crippen MR) is 61.7 cm³/mol. The lowest BCUT2D eigenvalue weighted by molar-refractivity contribution is -0.148. The molecule has 0 heterocycles. The summed E-state index contributed by atoms with van der Waals surface area (Å²) in [5.41, 5.74) is -0.851. The summed E-state index contributed by atoms with van der Waals surface area (Å²) in [7, 11) is 3.44. The first-order chi connectivity index (χ1) is 7.42. The number of rotatable bonds is 9. The van der Waals surface area contributed by atoms with Gasteiger partial charge in [0.2, 0.25) is 0 Å². The molecular formula is C11H23NO4. The van der Waals surface area contributed by atoms with Gasteiger partial charge in [-0.15, -0.1) is 0 Å². The summed E-state index contributed by atoms with van der Waals surface area (Å²) in [5, 5.41) is 8.99. The highest BCUT2D eigenvalue weighted by atomic mass is 16.5. The highest BCUT2D eigenvalue weighted by Crippen LogP contribution is 2.11. The lowest BCUT2D eigenvalue weighted by Crippen LogP contribution is -2.49. The Morgan fingerprint density at radius 1 is 1.31 bits per heavy atom. The van der Waals surface area contributed by atoms with Gasteiger partial charge in [-0.25, -0.2) is 0 Å². The Morgan fingerprint density at radius 2 is 1.94 bits per heavy atom. The molecule has 5 nitrogen and oxygen atoms in total. The van der Waals surface area contributed by atoms with Crippen LogP contribution in [0.5, 0.6) is 0 Å². The summed E-state index contributed by atoms with van der Waals surface area (Å²) in [5.74, 6) is -0.825. The van der Waals surface area contributed by atoms with Crippen LogP contribution in [-0.2, 0) is 14.3 Å². The van der Waals surface area contributed by atoms with Crippen LogP contribution < -0.4 is 0 Å². The second-order valence-electron chi connectivity index (χ2n) is 4.24. The molecule has 96 valence electrons. The van der Waals surface area contributed by atoms with Crippen LogP contribution in [0.2, 0.25) is 0 Å².